The highest BCUT2D eigenvalue weighted by atomic mass is 16.8. The van der Waals surface area contributed by atoms with Crippen molar-refractivity contribution in [3.63, 3.8) is 0 Å². The van der Waals surface area contributed by atoms with Gasteiger partial charge in [0, 0.05) is 19.6 Å². The van der Waals surface area contributed by atoms with Gasteiger partial charge in [0.1, 0.15) is 42.7 Å². The predicted octanol–water partition coefficient (Wildman–Crippen LogP) is 3.76. The van der Waals surface area contributed by atoms with Crippen molar-refractivity contribution >= 4 is 23.0 Å². The Morgan fingerprint density at radius 3 is 2.43 bits per heavy atom. The SMILES string of the molecule is CCNC(=O)NCC1OC(n2cnc3c(NCc4ccc(OCc5ccc(OC)cc5)cc4)ncnc32)C2OC(C)(C)OC12. The maximum Gasteiger partial charge on any atom is 0.314 e. The molecule has 13 nitrogen and oxygen atoms in total. The van der Waals surface area contributed by atoms with E-state index < -0.39 is 24.2 Å². The molecular formula is C31H37N7O6. The van der Waals surface area contributed by atoms with E-state index in [0.29, 0.717) is 36.7 Å². The summed E-state index contributed by atoms with van der Waals surface area (Å²) in [5.74, 6) is 1.40. The third-order valence-electron chi connectivity index (χ3n) is 7.51. The number of hydrogen-bond donors (Lipinski definition) is 3. The van der Waals surface area contributed by atoms with Crippen molar-refractivity contribution in [2.45, 2.75) is 64.2 Å². The van der Waals surface area contributed by atoms with Crippen LogP contribution in [-0.4, -0.2) is 69.8 Å². The molecule has 2 aliphatic heterocycles. The van der Waals surface area contributed by atoms with Crippen molar-refractivity contribution in [3.05, 3.63) is 72.3 Å². The Balaban J connectivity index is 1.11. The minimum atomic E-state index is -0.796. The van der Waals surface area contributed by atoms with Crippen molar-refractivity contribution in [2.75, 3.05) is 25.5 Å². The summed E-state index contributed by atoms with van der Waals surface area (Å²) in [7, 11) is 1.65. The van der Waals surface area contributed by atoms with Crippen LogP contribution >= 0.6 is 0 Å². The Morgan fingerprint density at radius 1 is 0.955 bits per heavy atom. The topological polar surface area (TPSA) is 143 Å². The fraction of sp³-hybridized carbons (Fsp3) is 0.419. The summed E-state index contributed by atoms with van der Waals surface area (Å²) >= 11 is 0. The maximum atomic E-state index is 12.0. The van der Waals surface area contributed by atoms with Crippen molar-refractivity contribution in [3.8, 4) is 11.5 Å². The van der Waals surface area contributed by atoms with E-state index in [1.807, 2.05) is 73.9 Å². The molecule has 0 spiro atoms. The van der Waals surface area contributed by atoms with E-state index in [-0.39, 0.29) is 18.7 Å². The molecule has 44 heavy (non-hydrogen) atoms. The van der Waals surface area contributed by atoms with Gasteiger partial charge in [-0.05, 0) is 56.2 Å². The minimum absolute atomic E-state index is 0.262. The average Bonchev–Trinajstić information content (AvgIpc) is 3.69. The molecule has 232 valence electrons. The number of anilines is 1. The number of nitrogens with zero attached hydrogens (tertiary/aromatic N) is 4. The van der Waals surface area contributed by atoms with Crippen molar-refractivity contribution in [1.29, 1.82) is 0 Å². The molecule has 2 amide bonds. The van der Waals surface area contributed by atoms with Crippen molar-refractivity contribution < 1.29 is 28.5 Å². The van der Waals surface area contributed by atoms with Gasteiger partial charge < -0.3 is 39.6 Å². The molecule has 0 aliphatic carbocycles. The van der Waals surface area contributed by atoms with Crippen molar-refractivity contribution in [2.24, 2.45) is 0 Å². The Kier molecular flexibility index (Phi) is 8.51. The molecule has 0 saturated carbocycles. The highest BCUT2D eigenvalue weighted by molar-refractivity contribution is 5.82. The van der Waals surface area contributed by atoms with E-state index in [0.717, 1.165) is 22.6 Å². The molecule has 2 aromatic carbocycles. The van der Waals surface area contributed by atoms with Crippen LogP contribution in [0.15, 0.2) is 61.2 Å². The van der Waals surface area contributed by atoms with Crippen LogP contribution in [0, 0.1) is 0 Å². The third-order valence-corrected chi connectivity index (χ3v) is 7.51. The zero-order chi connectivity index (χ0) is 30.7. The molecule has 2 aromatic heterocycles. The van der Waals surface area contributed by atoms with Gasteiger partial charge in [-0.1, -0.05) is 24.3 Å². The molecule has 3 N–H and O–H groups in total. The van der Waals surface area contributed by atoms with Gasteiger partial charge in [0.2, 0.25) is 0 Å². The van der Waals surface area contributed by atoms with Crippen LogP contribution in [0.5, 0.6) is 11.5 Å². The number of carbonyl (C=O) groups is 1. The second kappa shape index (κ2) is 12.6. The van der Waals surface area contributed by atoms with Gasteiger partial charge in [-0.15, -0.1) is 0 Å². The van der Waals surface area contributed by atoms with E-state index in [9.17, 15) is 4.79 Å². The number of imidazole rings is 1. The molecular weight excluding hydrogens is 566 g/mol. The van der Waals surface area contributed by atoms with E-state index in [1.54, 1.807) is 13.4 Å². The standard InChI is InChI=1S/C31H37N7O6/c1-5-32-30(39)34-15-23-25-26(44-31(2,3)43-25)29(42-23)38-18-37-24-27(35-17-36-28(24)38)33-14-19-6-12-22(13-7-19)41-16-20-8-10-21(40-4)11-9-20/h6-13,17-18,23,25-26,29H,5,14-16H2,1-4H3,(H2,32,34,39)(H,33,35,36). The van der Waals surface area contributed by atoms with E-state index >= 15 is 0 Å². The number of carbonyl (C=O) groups excluding carboxylic acids is 1. The predicted molar refractivity (Wildman–Crippen MR) is 161 cm³/mol. The number of amides is 2. The molecule has 4 heterocycles. The average molecular weight is 604 g/mol. The van der Waals surface area contributed by atoms with Crippen LogP contribution in [0.4, 0.5) is 10.6 Å². The second-order valence-electron chi connectivity index (χ2n) is 11.1. The first-order valence-electron chi connectivity index (χ1n) is 14.6. The van der Waals surface area contributed by atoms with Crippen LogP contribution in [0.3, 0.4) is 0 Å². The van der Waals surface area contributed by atoms with Crippen LogP contribution < -0.4 is 25.4 Å². The highest BCUT2D eigenvalue weighted by Crippen LogP contribution is 2.43. The van der Waals surface area contributed by atoms with Crippen LogP contribution in [-0.2, 0) is 27.4 Å². The zero-order valence-electron chi connectivity index (χ0n) is 25.1. The summed E-state index contributed by atoms with van der Waals surface area (Å²) in [5.41, 5.74) is 3.31. The number of benzene rings is 2. The number of fused-ring (bicyclic) bond motifs is 2. The van der Waals surface area contributed by atoms with Gasteiger partial charge in [-0.3, -0.25) is 4.57 Å². The number of ether oxygens (including phenoxy) is 5. The molecule has 4 atom stereocenters. The largest absolute Gasteiger partial charge is 0.497 e. The number of rotatable bonds is 11. The molecule has 4 unspecified atom stereocenters. The maximum absolute atomic E-state index is 12.0. The normalized spacial score (nSPS) is 22.0. The van der Waals surface area contributed by atoms with Gasteiger partial charge in [0.05, 0.1) is 13.4 Å². The first-order chi connectivity index (χ1) is 21.3. The summed E-state index contributed by atoms with van der Waals surface area (Å²) in [5, 5.41) is 8.96. The number of urea groups is 1. The van der Waals surface area contributed by atoms with Crippen LogP contribution in [0.1, 0.15) is 38.1 Å². The lowest BCUT2D eigenvalue weighted by molar-refractivity contribution is -0.195. The zero-order valence-corrected chi connectivity index (χ0v) is 25.1. The molecule has 4 aromatic rings. The van der Waals surface area contributed by atoms with E-state index in [1.165, 1.54) is 6.33 Å². The second-order valence-corrected chi connectivity index (χ2v) is 11.1. The van der Waals surface area contributed by atoms with Crippen molar-refractivity contribution in [1.82, 2.24) is 30.2 Å². The minimum Gasteiger partial charge on any atom is -0.497 e. The monoisotopic (exact) mass is 603 g/mol. The molecule has 0 bridgehead atoms. The molecule has 2 saturated heterocycles. The van der Waals surface area contributed by atoms with Gasteiger partial charge >= 0.3 is 6.03 Å². The lowest BCUT2D eigenvalue weighted by Gasteiger charge is -2.25. The summed E-state index contributed by atoms with van der Waals surface area (Å²) in [6.07, 6.45) is 1.40. The first-order valence-corrected chi connectivity index (χ1v) is 14.6. The summed E-state index contributed by atoms with van der Waals surface area (Å²) < 4.78 is 31.8. The van der Waals surface area contributed by atoms with Gasteiger partial charge in [0.15, 0.2) is 29.0 Å². The molecule has 6 rings (SSSR count). The molecule has 13 heteroatoms. The Morgan fingerprint density at radius 2 is 1.68 bits per heavy atom. The third kappa shape index (κ3) is 6.39. The van der Waals surface area contributed by atoms with E-state index in [2.05, 4.69) is 30.9 Å². The molecule has 0 radical (unpaired) electrons. The van der Waals surface area contributed by atoms with Gasteiger partial charge in [-0.2, -0.15) is 0 Å². The summed E-state index contributed by atoms with van der Waals surface area (Å²) in [4.78, 5) is 25.6. The number of nitrogens with one attached hydrogen (secondary N) is 3. The van der Waals surface area contributed by atoms with E-state index in [4.69, 9.17) is 23.7 Å². The van der Waals surface area contributed by atoms with Crippen LogP contribution in [0.2, 0.25) is 0 Å². The number of aromatic nitrogens is 4. The fourth-order valence-corrected chi connectivity index (χ4v) is 5.41. The quantitative estimate of drug-likeness (QED) is 0.232. The summed E-state index contributed by atoms with van der Waals surface area (Å²) in [6.45, 7) is 7.39. The molecule has 2 aliphatic rings. The van der Waals surface area contributed by atoms with Crippen LogP contribution in [0.25, 0.3) is 11.2 Å². The Labute approximate surface area is 255 Å². The lowest BCUT2D eigenvalue weighted by Crippen LogP contribution is -2.43. The first kappa shape index (κ1) is 29.6. The van der Waals surface area contributed by atoms with Gasteiger partial charge in [0.25, 0.3) is 0 Å². The summed E-state index contributed by atoms with van der Waals surface area (Å²) in [6, 6.07) is 15.4. The lowest BCUT2D eigenvalue weighted by atomic mass is 10.1. The highest BCUT2D eigenvalue weighted by Gasteiger charge is 2.56. The number of hydrogen-bond acceptors (Lipinski definition) is 10. The number of methoxy groups -OCH3 is 1. The Hall–Kier alpha value is -4.46. The fourth-order valence-electron chi connectivity index (χ4n) is 5.41. The smallest absolute Gasteiger partial charge is 0.314 e. The molecule has 2 fully saturated rings. The van der Waals surface area contributed by atoms with Gasteiger partial charge in [-0.25, -0.2) is 19.7 Å². The Bertz CT molecular complexity index is 1580.